The first kappa shape index (κ1) is 16.9. The first-order chi connectivity index (χ1) is 8.97. The number of sulfonamides is 1. The monoisotopic (exact) mass is 292 g/mol. The van der Waals surface area contributed by atoms with Crippen molar-refractivity contribution in [1.82, 2.24) is 9.62 Å². The van der Waals surface area contributed by atoms with Gasteiger partial charge in [0.2, 0.25) is 10.0 Å². The molecule has 1 fully saturated rings. The van der Waals surface area contributed by atoms with E-state index in [4.69, 9.17) is 4.74 Å². The second-order valence-electron chi connectivity index (χ2n) is 5.42. The van der Waals surface area contributed by atoms with E-state index in [1.165, 1.54) is 6.26 Å². The van der Waals surface area contributed by atoms with Gasteiger partial charge in [-0.05, 0) is 38.1 Å². The van der Waals surface area contributed by atoms with Crippen LogP contribution in [0, 0.1) is 5.92 Å². The Balaban J connectivity index is 2.39. The number of likely N-dealkylation sites (N-methyl/N-ethyl adjacent to an activating group) is 1. The van der Waals surface area contributed by atoms with Crippen LogP contribution in [0.15, 0.2) is 0 Å². The first-order valence-electron chi connectivity index (χ1n) is 7.14. The molecule has 2 unspecified atom stereocenters. The van der Waals surface area contributed by atoms with E-state index >= 15 is 0 Å². The second-order valence-corrected chi connectivity index (χ2v) is 7.40. The molecular formula is C13H28N2O3S. The molecule has 1 saturated heterocycles. The molecule has 1 rings (SSSR count). The molecule has 2 atom stereocenters. The highest BCUT2D eigenvalue weighted by Gasteiger charge is 2.26. The van der Waals surface area contributed by atoms with Gasteiger partial charge in [0.1, 0.15) is 0 Å². The molecule has 0 bridgehead atoms. The molecule has 0 saturated carbocycles. The third-order valence-electron chi connectivity index (χ3n) is 3.73. The van der Waals surface area contributed by atoms with Crippen molar-refractivity contribution in [2.24, 2.45) is 5.92 Å². The van der Waals surface area contributed by atoms with Crippen LogP contribution in [0.1, 0.15) is 32.6 Å². The Bertz CT molecular complexity index is 340. The molecule has 5 nitrogen and oxygen atoms in total. The lowest BCUT2D eigenvalue weighted by Crippen LogP contribution is -2.40. The number of nitrogens with zero attached hydrogens (tertiary/aromatic N) is 1. The van der Waals surface area contributed by atoms with Crippen LogP contribution in [-0.4, -0.2) is 58.4 Å². The number of nitrogens with one attached hydrogen (secondary N) is 1. The fraction of sp³-hybridized carbons (Fsp3) is 1.00. The van der Waals surface area contributed by atoms with E-state index in [2.05, 4.69) is 12.2 Å². The lowest BCUT2D eigenvalue weighted by atomic mass is 9.93. The van der Waals surface area contributed by atoms with Gasteiger partial charge >= 0.3 is 0 Å². The minimum atomic E-state index is -3.02. The summed E-state index contributed by atoms with van der Waals surface area (Å²) < 4.78 is 30.0. The maximum atomic E-state index is 11.6. The quantitative estimate of drug-likeness (QED) is 0.727. The predicted octanol–water partition coefficient (Wildman–Crippen LogP) is 1.06. The molecule has 0 aromatic rings. The summed E-state index contributed by atoms with van der Waals surface area (Å²) in [6.07, 6.45) is 5.53. The van der Waals surface area contributed by atoms with Crippen molar-refractivity contribution in [1.29, 1.82) is 0 Å². The molecule has 0 aromatic carbocycles. The molecule has 114 valence electrons. The first-order valence-corrected chi connectivity index (χ1v) is 8.99. The van der Waals surface area contributed by atoms with Gasteiger partial charge in [0, 0.05) is 26.2 Å². The van der Waals surface area contributed by atoms with Crippen LogP contribution in [0.2, 0.25) is 0 Å². The maximum absolute atomic E-state index is 11.6. The Morgan fingerprint density at radius 3 is 2.79 bits per heavy atom. The fourth-order valence-electron chi connectivity index (χ4n) is 2.73. The average molecular weight is 292 g/mol. The summed E-state index contributed by atoms with van der Waals surface area (Å²) >= 11 is 0. The Kier molecular flexibility index (Phi) is 7.28. The summed E-state index contributed by atoms with van der Waals surface area (Å²) in [7, 11) is -1.31. The van der Waals surface area contributed by atoms with Crippen LogP contribution in [-0.2, 0) is 14.8 Å². The molecule has 6 heteroatoms. The normalized spacial score (nSPS) is 23.4. The van der Waals surface area contributed by atoms with E-state index in [-0.39, 0.29) is 0 Å². The summed E-state index contributed by atoms with van der Waals surface area (Å²) in [6, 6.07) is 0.378. The third-order valence-corrected chi connectivity index (χ3v) is 5.00. The number of hydrogen-bond donors (Lipinski definition) is 1. The molecule has 1 aliphatic heterocycles. The largest absolute Gasteiger partial charge is 0.383 e. The van der Waals surface area contributed by atoms with Crippen LogP contribution in [0.4, 0.5) is 0 Å². The van der Waals surface area contributed by atoms with Gasteiger partial charge in [-0.1, -0.05) is 6.92 Å². The molecule has 1 aliphatic rings. The molecule has 0 spiro atoms. The topological polar surface area (TPSA) is 58.6 Å². The highest BCUT2D eigenvalue weighted by molar-refractivity contribution is 7.88. The summed E-state index contributed by atoms with van der Waals surface area (Å²) in [5.74, 6) is 0.487. The highest BCUT2D eigenvalue weighted by atomic mass is 32.2. The van der Waals surface area contributed by atoms with Crippen molar-refractivity contribution in [3.63, 3.8) is 0 Å². The number of methoxy groups -OCH3 is 1. The predicted molar refractivity (Wildman–Crippen MR) is 77.7 cm³/mol. The zero-order valence-corrected chi connectivity index (χ0v) is 13.2. The van der Waals surface area contributed by atoms with Gasteiger partial charge < -0.3 is 10.1 Å². The van der Waals surface area contributed by atoms with Crippen LogP contribution in [0.3, 0.4) is 0 Å². The molecular weight excluding hydrogens is 264 g/mol. The molecule has 1 heterocycles. The second kappa shape index (κ2) is 8.19. The lowest BCUT2D eigenvalue weighted by Gasteiger charge is -2.31. The van der Waals surface area contributed by atoms with Gasteiger partial charge in [0.05, 0.1) is 12.9 Å². The van der Waals surface area contributed by atoms with Crippen molar-refractivity contribution < 1.29 is 13.2 Å². The SMILES string of the molecule is CCNC(CCC1CCCN(S(C)(=O)=O)C1)COC. The number of ether oxygens (including phenoxy) is 1. The van der Waals surface area contributed by atoms with Gasteiger partial charge in [0.15, 0.2) is 0 Å². The zero-order valence-electron chi connectivity index (χ0n) is 12.4. The molecule has 1 N–H and O–H groups in total. The highest BCUT2D eigenvalue weighted by Crippen LogP contribution is 2.23. The van der Waals surface area contributed by atoms with Gasteiger partial charge in [-0.2, -0.15) is 0 Å². The van der Waals surface area contributed by atoms with Crippen molar-refractivity contribution in [2.75, 3.05) is 39.6 Å². The van der Waals surface area contributed by atoms with Crippen LogP contribution >= 0.6 is 0 Å². The smallest absolute Gasteiger partial charge is 0.211 e. The summed E-state index contributed by atoms with van der Waals surface area (Å²) in [5, 5.41) is 3.41. The summed E-state index contributed by atoms with van der Waals surface area (Å²) in [6.45, 7) is 5.12. The van der Waals surface area contributed by atoms with Gasteiger partial charge in [-0.25, -0.2) is 12.7 Å². The average Bonchev–Trinajstić information content (AvgIpc) is 2.36. The standard InChI is InChI=1S/C13H28N2O3S/c1-4-14-13(11-18-2)8-7-12-6-5-9-15(10-12)19(3,16)17/h12-14H,4-11H2,1-3H3. The van der Waals surface area contributed by atoms with E-state index in [1.807, 2.05) is 0 Å². The van der Waals surface area contributed by atoms with E-state index in [0.29, 0.717) is 25.0 Å². The minimum Gasteiger partial charge on any atom is -0.383 e. The minimum absolute atomic E-state index is 0.378. The van der Waals surface area contributed by atoms with Crippen molar-refractivity contribution >= 4 is 10.0 Å². The third kappa shape index (κ3) is 6.21. The Labute approximate surface area is 117 Å². The van der Waals surface area contributed by atoms with E-state index < -0.39 is 10.0 Å². The Morgan fingerprint density at radius 2 is 2.21 bits per heavy atom. The van der Waals surface area contributed by atoms with Crippen molar-refractivity contribution in [3.8, 4) is 0 Å². The van der Waals surface area contributed by atoms with Gasteiger partial charge in [-0.3, -0.25) is 0 Å². The zero-order chi connectivity index (χ0) is 14.3. The lowest BCUT2D eigenvalue weighted by molar-refractivity contribution is 0.155. The molecule has 19 heavy (non-hydrogen) atoms. The van der Waals surface area contributed by atoms with E-state index in [0.717, 1.165) is 38.8 Å². The number of rotatable bonds is 8. The molecule has 0 radical (unpaired) electrons. The summed E-state index contributed by atoms with van der Waals surface area (Å²) in [5.41, 5.74) is 0. The van der Waals surface area contributed by atoms with Crippen LogP contribution < -0.4 is 5.32 Å². The summed E-state index contributed by atoms with van der Waals surface area (Å²) in [4.78, 5) is 0. The number of hydrogen-bond acceptors (Lipinski definition) is 4. The van der Waals surface area contributed by atoms with Crippen molar-refractivity contribution in [3.05, 3.63) is 0 Å². The van der Waals surface area contributed by atoms with Gasteiger partial charge in [0.25, 0.3) is 0 Å². The maximum Gasteiger partial charge on any atom is 0.211 e. The number of piperidine rings is 1. The Hall–Kier alpha value is -0.170. The van der Waals surface area contributed by atoms with Crippen LogP contribution in [0.5, 0.6) is 0 Å². The molecule has 0 aromatic heterocycles. The Morgan fingerprint density at radius 1 is 1.47 bits per heavy atom. The van der Waals surface area contributed by atoms with E-state index in [9.17, 15) is 8.42 Å². The fourth-order valence-corrected chi connectivity index (χ4v) is 3.68. The molecule has 0 aliphatic carbocycles. The van der Waals surface area contributed by atoms with E-state index in [1.54, 1.807) is 11.4 Å². The van der Waals surface area contributed by atoms with Crippen LogP contribution in [0.25, 0.3) is 0 Å². The van der Waals surface area contributed by atoms with Crippen molar-refractivity contribution in [2.45, 2.75) is 38.6 Å². The van der Waals surface area contributed by atoms with Gasteiger partial charge in [-0.15, -0.1) is 0 Å². The molecule has 0 amide bonds.